The van der Waals surface area contributed by atoms with Crippen LogP contribution < -0.4 is 17.2 Å². The highest BCUT2D eigenvalue weighted by Crippen LogP contribution is 2.36. The van der Waals surface area contributed by atoms with Crippen LogP contribution in [-0.2, 0) is 39.0 Å². The fourth-order valence-electron chi connectivity index (χ4n) is 5.80. The number of nitrogens with zero attached hydrogens (tertiary/aromatic N) is 2. The molecule has 0 atom stereocenters. The van der Waals surface area contributed by atoms with E-state index in [0.29, 0.717) is 5.69 Å². The maximum absolute atomic E-state index is 6.23. The number of hydrogen-bond donors (Lipinski definition) is 3. The predicted octanol–water partition coefficient (Wildman–Crippen LogP) is 8.38. The Morgan fingerprint density at radius 3 is 1.64 bits per heavy atom. The summed E-state index contributed by atoms with van der Waals surface area (Å²) >= 11 is 19.4. The molecule has 4 aromatic carbocycles. The van der Waals surface area contributed by atoms with Crippen molar-refractivity contribution in [2.75, 3.05) is 30.3 Å². The van der Waals surface area contributed by atoms with Gasteiger partial charge in [0, 0.05) is 63.9 Å². The van der Waals surface area contributed by atoms with Gasteiger partial charge in [-0.05, 0) is 95.1 Å². The second kappa shape index (κ2) is 13.6. The molecule has 0 aromatic heterocycles. The molecule has 0 bridgehead atoms. The van der Waals surface area contributed by atoms with Crippen molar-refractivity contribution in [2.45, 2.75) is 45.9 Å². The number of nitrogens with two attached hydrogens (primary N) is 3. The van der Waals surface area contributed by atoms with E-state index in [-0.39, 0.29) is 0 Å². The normalized spacial score (nSPS) is 15.0. The van der Waals surface area contributed by atoms with Gasteiger partial charge in [0.15, 0.2) is 0 Å². The Bertz CT molecular complexity index is 1490. The maximum atomic E-state index is 6.23. The first-order chi connectivity index (χ1) is 20.1. The number of halogens is 4. The van der Waals surface area contributed by atoms with E-state index < -0.39 is 0 Å². The summed E-state index contributed by atoms with van der Waals surface area (Å²) < 4.78 is 2.21. The van der Waals surface area contributed by atoms with Gasteiger partial charge in [-0.15, -0.1) is 0 Å². The molecule has 2 heterocycles. The van der Waals surface area contributed by atoms with Crippen molar-refractivity contribution in [1.82, 2.24) is 9.80 Å². The molecule has 42 heavy (non-hydrogen) atoms. The number of nitrogen functional groups attached to an aromatic ring is 3. The minimum Gasteiger partial charge on any atom is -0.398 e. The summed E-state index contributed by atoms with van der Waals surface area (Å²) in [6, 6.07) is 20.1. The van der Waals surface area contributed by atoms with Crippen molar-refractivity contribution < 1.29 is 0 Å². The number of fused-ring (bicyclic) bond motifs is 2. The zero-order valence-electron chi connectivity index (χ0n) is 23.6. The second-order valence-electron chi connectivity index (χ2n) is 11.0. The molecule has 2 aliphatic rings. The second-order valence-corrected chi connectivity index (χ2v) is 13.6. The minimum absolute atomic E-state index is 0.656. The van der Waals surface area contributed by atoms with E-state index in [1.54, 1.807) is 0 Å². The molecule has 9 heteroatoms. The number of hydrogen-bond acceptors (Lipinski definition) is 5. The summed E-state index contributed by atoms with van der Waals surface area (Å²) in [4.78, 5) is 4.84. The fraction of sp³-hybridized carbons (Fsp3) is 0.273. The van der Waals surface area contributed by atoms with Crippen LogP contribution in [0.3, 0.4) is 0 Å². The molecule has 2 aliphatic heterocycles. The molecule has 0 amide bonds. The van der Waals surface area contributed by atoms with Gasteiger partial charge in [-0.3, -0.25) is 9.80 Å². The molecular weight excluding hydrogens is 697 g/mol. The average molecular weight is 732 g/mol. The van der Waals surface area contributed by atoms with Crippen LogP contribution in [0.2, 0.25) is 10.0 Å². The Morgan fingerprint density at radius 2 is 1.14 bits per heavy atom. The topological polar surface area (TPSA) is 84.5 Å². The Morgan fingerprint density at radius 1 is 0.667 bits per heavy atom. The molecule has 4 aromatic rings. The summed E-state index contributed by atoms with van der Waals surface area (Å²) in [5.74, 6) is 0. The summed E-state index contributed by atoms with van der Waals surface area (Å²) in [6.45, 7) is 7.66. The number of aryl methyl sites for hydroxylation is 1. The van der Waals surface area contributed by atoms with Crippen LogP contribution >= 0.6 is 55.1 Å². The van der Waals surface area contributed by atoms with Crippen molar-refractivity contribution in [2.24, 2.45) is 0 Å². The van der Waals surface area contributed by atoms with E-state index in [0.717, 1.165) is 83.6 Å². The van der Waals surface area contributed by atoms with Crippen LogP contribution in [0.5, 0.6) is 0 Å². The van der Waals surface area contributed by atoms with Gasteiger partial charge in [-0.25, -0.2) is 0 Å². The fourth-order valence-corrected chi connectivity index (χ4v) is 7.54. The van der Waals surface area contributed by atoms with E-state index in [9.17, 15) is 0 Å². The lowest BCUT2D eigenvalue weighted by molar-refractivity contribution is 0.245. The molecule has 6 rings (SSSR count). The van der Waals surface area contributed by atoms with Gasteiger partial charge in [-0.1, -0.05) is 79.3 Å². The van der Waals surface area contributed by atoms with E-state index >= 15 is 0 Å². The highest BCUT2D eigenvalue weighted by molar-refractivity contribution is 9.10. The minimum atomic E-state index is 0.656. The largest absolute Gasteiger partial charge is 0.398 e. The van der Waals surface area contributed by atoms with E-state index in [4.69, 9.17) is 40.4 Å². The summed E-state index contributed by atoms with van der Waals surface area (Å²) in [6.07, 6.45) is 1.92. The van der Waals surface area contributed by atoms with Gasteiger partial charge in [0.25, 0.3) is 0 Å². The van der Waals surface area contributed by atoms with Crippen molar-refractivity contribution in [3.8, 4) is 0 Å². The Balaban J connectivity index is 0.000000168. The van der Waals surface area contributed by atoms with Crippen LogP contribution in [0, 0.1) is 6.92 Å². The van der Waals surface area contributed by atoms with Crippen molar-refractivity contribution >= 4 is 72.1 Å². The van der Waals surface area contributed by atoms with E-state index in [1.165, 1.54) is 37.9 Å². The molecule has 0 spiro atoms. The molecule has 0 radical (unpaired) electrons. The first kappa shape index (κ1) is 31.2. The van der Waals surface area contributed by atoms with Crippen LogP contribution in [0.1, 0.15) is 38.9 Å². The quantitative estimate of drug-likeness (QED) is 0.184. The third-order valence-corrected chi connectivity index (χ3v) is 9.91. The van der Waals surface area contributed by atoms with Crippen molar-refractivity contribution in [3.63, 3.8) is 0 Å². The van der Waals surface area contributed by atoms with Gasteiger partial charge in [0.1, 0.15) is 0 Å². The van der Waals surface area contributed by atoms with Crippen molar-refractivity contribution in [3.05, 3.63) is 119 Å². The van der Waals surface area contributed by atoms with E-state index in [1.807, 2.05) is 42.5 Å². The molecular formula is C33H35Br2Cl2N5. The lowest BCUT2D eigenvalue weighted by Crippen LogP contribution is -2.31. The zero-order valence-corrected chi connectivity index (χ0v) is 28.3. The van der Waals surface area contributed by atoms with Gasteiger partial charge >= 0.3 is 0 Å². The smallest absolute Gasteiger partial charge is 0.0584 e. The summed E-state index contributed by atoms with van der Waals surface area (Å²) in [5.41, 5.74) is 29.3. The molecule has 6 N–H and O–H groups in total. The SMILES string of the molecule is Cc1cc(Br)c2c(c1N)CCN(Cc1cccc(Cl)c1)C2.Nc1cc(Br)c2c(c1N)CCN(Cc1cccc(Cl)c1)C2. The zero-order chi connectivity index (χ0) is 30.0. The molecule has 0 unspecified atom stereocenters. The maximum Gasteiger partial charge on any atom is 0.0584 e. The van der Waals surface area contributed by atoms with Crippen LogP contribution in [-0.4, -0.2) is 22.9 Å². The van der Waals surface area contributed by atoms with Gasteiger partial charge in [0.05, 0.1) is 11.4 Å². The summed E-state index contributed by atoms with van der Waals surface area (Å²) in [5, 5.41) is 1.58. The molecule has 0 aliphatic carbocycles. The van der Waals surface area contributed by atoms with Crippen molar-refractivity contribution in [1.29, 1.82) is 0 Å². The highest BCUT2D eigenvalue weighted by Gasteiger charge is 2.23. The van der Waals surface area contributed by atoms with Gasteiger partial charge in [0.2, 0.25) is 0 Å². The van der Waals surface area contributed by atoms with E-state index in [2.05, 4.69) is 66.8 Å². The number of anilines is 3. The molecule has 0 fully saturated rings. The summed E-state index contributed by atoms with van der Waals surface area (Å²) in [7, 11) is 0. The van der Waals surface area contributed by atoms with Crippen LogP contribution in [0.15, 0.2) is 69.6 Å². The molecule has 220 valence electrons. The first-order valence-electron chi connectivity index (χ1n) is 13.9. The Hall–Kier alpha value is -2.26. The predicted molar refractivity (Wildman–Crippen MR) is 185 cm³/mol. The molecule has 0 saturated heterocycles. The number of rotatable bonds is 4. The molecule has 0 saturated carbocycles. The highest BCUT2D eigenvalue weighted by atomic mass is 79.9. The lowest BCUT2D eigenvalue weighted by Gasteiger charge is -2.31. The average Bonchev–Trinajstić information content (AvgIpc) is 2.95. The Kier molecular flexibility index (Phi) is 10.1. The third kappa shape index (κ3) is 7.26. The monoisotopic (exact) mass is 729 g/mol. The van der Waals surface area contributed by atoms with Gasteiger partial charge in [-0.2, -0.15) is 0 Å². The van der Waals surface area contributed by atoms with Crippen LogP contribution in [0.25, 0.3) is 0 Å². The third-order valence-electron chi connectivity index (χ3n) is 8.03. The standard InChI is InChI=1S/C17H18BrClN2.C16H17BrClN3/c1-11-7-16(18)15-10-21(6-5-14(15)17(11)20)9-12-3-2-4-13(19)8-12;17-14-7-15(19)16(20)12-4-5-21(9-13(12)14)8-10-2-1-3-11(18)6-10/h2-4,7-8H,5-6,9-10,20H2,1H3;1-3,6-7H,4-5,8-9,19-20H2. The number of benzene rings is 4. The van der Waals surface area contributed by atoms with Gasteiger partial charge < -0.3 is 17.2 Å². The molecule has 5 nitrogen and oxygen atoms in total. The Labute approximate surface area is 275 Å². The lowest BCUT2D eigenvalue weighted by atomic mass is 9.95. The van der Waals surface area contributed by atoms with Crippen LogP contribution in [0.4, 0.5) is 17.1 Å². The first-order valence-corrected chi connectivity index (χ1v) is 16.3.